The van der Waals surface area contributed by atoms with Crippen molar-refractivity contribution in [3.63, 3.8) is 0 Å². The SMILES string of the molecule is N#Cc1ccc(C(F)(F)F)nc1N1CCCC(c2ncn[nH]2)C1. The molecule has 0 spiro atoms. The second-order valence-electron chi connectivity index (χ2n) is 5.33. The predicted octanol–water partition coefficient (Wildman–Crippen LogP) is 2.47. The van der Waals surface area contributed by atoms with Gasteiger partial charge in [0.2, 0.25) is 0 Å². The van der Waals surface area contributed by atoms with Crippen LogP contribution in [0.3, 0.4) is 0 Å². The van der Waals surface area contributed by atoms with E-state index in [1.807, 2.05) is 6.07 Å². The zero-order chi connectivity index (χ0) is 16.4. The van der Waals surface area contributed by atoms with E-state index in [-0.39, 0.29) is 17.3 Å². The van der Waals surface area contributed by atoms with Crippen LogP contribution < -0.4 is 4.90 Å². The molecule has 1 unspecified atom stereocenters. The number of pyridine rings is 1. The molecule has 120 valence electrons. The minimum Gasteiger partial charge on any atom is -0.355 e. The van der Waals surface area contributed by atoms with Gasteiger partial charge in [0.1, 0.15) is 29.7 Å². The molecule has 1 saturated heterocycles. The highest BCUT2D eigenvalue weighted by Crippen LogP contribution is 2.33. The van der Waals surface area contributed by atoms with Crippen LogP contribution in [-0.2, 0) is 6.18 Å². The van der Waals surface area contributed by atoms with Gasteiger partial charge in [-0.1, -0.05) is 0 Å². The van der Waals surface area contributed by atoms with Crippen molar-refractivity contribution < 1.29 is 13.2 Å². The molecule has 6 nitrogen and oxygen atoms in total. The molecule has 3 heterocycles. The monoisotopic (exact) mass is 322 g/mol. The average Bonchev–Trinajstić information content (AvgIpc) is 3.08. The second-order valence-corrected chi connectivity index (χ2v) is 5.33. The Bertz CT molecular complexity index is 719. The molecule has 0 aliphatic carbocycles. The first-order valence-corrected chi connectivity index (χ1v) is 7.07. The van der Waals surface area contributed by atoms with Crippen molar-refractivity contribution in [1.82, 2.24) is 20.2 Å². The first-order chi connectivity index (χ1) is 11.0. The van der Waals surface area contributed by atoms with Crippen LogP contribution in [0.1, 0.15) is 35.8 Å². The molecule has 1 fully saturated rings. The molecule has 2 aromatic heterocycles. The minimum absolute atomic E-state index is 0.0223. The number of hydrogen-bond donors (Lipinski definition) is 1. The molecule has 1 N–H and O–H groups in total. The number of nitrogens with one attached hydrogen (secondary N) is 1. The number of anilines is 1. The highest BCUT2D eigenvalue weighted by atomic mass is 19.4. The van der Waals surface area contributed by atoms with Crippen LogP contribution in [0.5, 0.6) is 0 Å². The molecule has 0 bridgehead atoms. The van der Waals surface area contributed by atoms with Crippen molar-refractivity contribution in [1.29, 1.82) is 5.26 Å². The van der Waals surface area contributed by atoms with E-state index in [2.05, 4.69) is 20.2 Å². The number of halogens is 3. The summed E-state index contributed by atoms with van der Waals surface area (Å²) in [6, 6.07) is 3.92. The van der Waals surface area contributed by atoms with Gasteiger partial charge >= 0.3 is 6.18 Å². The van der Waals surface area contributed by atoms with Gasteiger partial charge < -0.3 is 4.90 Å². The van der Waals surface area contributed by atoms with E-state index in [4.69, 9.17) is 5.26 Å². The van der Waals surface area contributed by atoms with Gasteiger partial charge in [0.15, 0.2) is 0 Å². The van der Waals surface area contributed by atoms with Crippen LogP contribution in [-0.4, -0.2) is 33.3 Å². The van der Waals surface area contributed by atoms with Crippen LogP contribution in [0.25, 0.3) is 0 Å². The van der Waals surface area contributed by atoms with E-state index in [9.17, 15) is 13.2 Å². The zero-order valence-electron chi connectivity index (χ0n) is 12.0. The van der Waals surface area contributed by atoms with Crippen molar-refractivity contribution >= 4 is 5.82 Å². The fourth-order valence-electron chi connectivity index (χ4n) is 2.74. The van der Waals surface area contributed by atoms with Gasteiger partial charge in [-0.15, -0.1) is 0 Å². The molecular formula is C14H13F3N6. The number of H-pyrrole nitrogens is 1. The van der Waals surface area contributed by atoms with Crippen molar-refractivity contribution in [2.24, 2.45) is 0 Å². The molecule has 1 aliphatic heterocycles. The Morgan fingerprint density at radius 2 is 2.17 bits per heavy atom. The summed E-state index contributed by atoms with van der Waals surface area (Å²) in [5.41, 5.74) is -0.857. The smallest absolute Gasteiger partial charge is 0.355 e. The van der Waals surface area contributed by atoms with Crippen LogP contribution in [0.2, 0.25) is 0 Å². The normalized spacial score (nSPS) is 18.7. The Kier molecular flexibility index (Phi) is 3.90. The molecule has 23 heavy (non-hydrogen) atoms. The highest BCUT2D eigenvalue weighted by molar-refractivity contribution is 5.55. The van der Waals surface area contributed by atoms with Gasteiger partial charge in [0, 0.05) is 19.0 Å². The molecule has 1 atom stereocenters. The zero-order valence-corrected chi connectivity index (χ0v) is 12.0. The number of piperidine rings is 1. The van der Waals surface area contributed by atoms with Gasteiger partial charge in [-0.2, -0.15) is 23.5 Å². The van der Waals surface area contributed by atoms with E-state index in [1.165, 1.54) is 12.4 Å². The largest absolute Gasteiger partial charge is 0.433 e. The van der Waals surface area contributed by atoms with Crippen molar-refractivity contribution in [3.8, 4) is 6.07 Å². The fraction of sp³-hybridized carbons (Fsp3) is 0.429. The summed E-state index contributed by atoms with van der Waals surface area (Å²) in [4.78, 5) is 9.51. The predicted molar refractivity (Wildman–Crippen MR) is 74.5 cm³/mol. The molecule has 3 rings (SSSR count). The number of aromatic amines is 1. The molecule has 0 aromatic carbocycles. The summed E-state index contributed by atoms with van der Waals surface area (Å²) in [5.74, 6) is 0.792. The van der Waals surface area contributed by atoms with Gasteiger partial charge in [0.05, 0.1) is 5.56 Å². The summed E-state index contributed by atoms with van der Waals surface area (Å²) in [6.07, 6.45) is -1.51. The quantitative estimate of drug-likeness (QED) is 0.918. The lowest BCUT2D eigenvalue weighted by atomic mass is 9.97. The first kappa shape index (κ1) is 15.3. The third-order valence-corrected chi connectivity index (χ3v) is 3.83. The maximum absolute atomic E-state index is 12.9. The van der Waals surface area contributed by atoms with E-state index in [1.54, 1.807) is 4.90 Å². The summed E-state index contributed by atoms with van der Waals surface area (Å²) in [5, 5.41) is 15.8. The maximum Gasteiger partial charge on any atom is 0.433 e. The highest BCUT2D eigenvalue weighted by Gasteiger charge is 2.34. The van der Waals surface area contributed by atoms with Crippen LogP contribution in [0.15, 0.2) is 18.5 Å². The van der Waals surface area contributed by atoms with Crippen molar-refractivity contribution in [2.75, 3.05) is 18.0 Å². The number of rotatable bonds is 2. The summed E-state index contributed by atoms with van der Waals surface area (Å²) in [7, 11) is 0. The summed E-state index contributed by atoms with van der Waals surface area (Å²) < 4.78 is 38.7. The topological polar surface area (TPSA) is 81.5 Å². The van der Waals surface area contributed by atoms with Gasteiger partial charge in [-0.25, -0.2) is 9.97 Å². The maximum atomic E-state index is 12.9. The fourth-order valence-corrected chi connectivity index (χ4v) is 2.74. The molecule has 2 aromatic rings. The Hall–Kier alpha value is -2.63. The third kappa shape index (κ3) is 3.11. The molecule has 0 amide bonds. The van der Waals surface area contributed by atoms with Gasteiger partial charge in [-0.05, 0) is 25.0 Å². The van der Waals surface area contributed by atoms with Gasteiger partial charge in [0.25, 0.3) is 0 Å². The Morgan fingerprint density at radius 1 is 1.35 bits per heavy atom. The molecule has 1 aliphatic rings. The number of nitrogens with zero attached hydrogens (tertiary/aromatic N) is 5. The minimum atomic E-state index is -4.54. The van der Waals surface area contributed by atoms with Crippen molar-refractivity contribution in [3.05, 3.63) is 35.5 Å². The van der Waals surface area contributed by atoms with Crippen LogP contribution in [0, 0.1) is 11.3 Å². The number of alkyl halides is 3. The lowest BCUT2D eigenvalue weighted by Crippen LogP contribution is -2.36. The van der Waals surface area contributed by atoms with E-state index in [0.29, 0.717) is 18.9 Å². The number of hydrogen-bond acceptors (Lipinski definition) is 5. The Morgan fingerprint density at radius 3 is 2.83 bits per heavy atom. The Labute approximate surface area is 130 Å². The molecular weight excluding hydrogens is 309 g/mol. The van der Waals surface area contributed by atoms with Gasteiger partial charge in [-0.3, -0.25) is 5.10 Å². The first-order valence-electron chi connectivity index (χ1n) is 7.07. The summed E-state index contributed by atoms with van der Waals surface area (Å²) >= 11 is 0. The standard InChI is InChI=1S/C14H13F3N6/c15-14(16,17)11-4-3-9(6-18)13(21-11)23-5-1-2-10(7-23)12-19-8-20-22-12/h3-4,8,10H,1-2,5,7H2,(H,19,20,22). The molecule has 0 radical (unpaired) electrons. The number of aromatic nitrogens is 4. The molecule has 0 saturated carbocycles. The number of nitriles is 1. The van der Waals surface area contributed by atoms with E-state index >= 15 is 0 Å². The Balaban J connectivity index is 1.92. The van der Waals surface area contributed by atoms with Crippen LogP contribution in [0.4, 0.5) is 19.0 Å². The van der Waals surface area contributed by atoms with Crippen molar-refractivity contribution in [2.45, 2.75) is 24.9 Å². The summed E-state index contributed by atoms with van der Waals surface area (Å²) in [6.45, 7) is 0.992. The second kappa shape index (κ2) is 5.87. The van der Waals surface area contributed by atoms with E-state index < -0.39 is 11.9 Å². The average molecular weight is 322 g/mol. The van der Waals surface area contributed by atoms with E-state index in [0.717, 1.165) is 18.9 Å². The van der Waals surface area contributed by atoms with Crippen LogP contribution >= 0.6 is 0 Å². The third-order valence-electron chi connectivity index (χ3n) is 3.83. The molecule has 9 heteroatoms. The lowest BCUT2D eigenvalue weighted by Gasteiger charge is -2.33. The lowest BCUT2D eigenvalue weighted by molar-refractivity contribution is -0.141.